The van der Waals surface area contributed by atoms with E-state index in [1.807, 2.05) is 18.5 Å². The van der Waals surface area contributed by atoms with E-state index in [-0.39, 0.29) is 0 Å². The van der Waals surface area contributed by atoms with Gasteiger partial charge in [-0.1, -0.05) is 34.1 Å². The van der Waals surface area contributed by atoms with E-state index in [1.54, 1.807) is 0 Å². The Morgan fingerprint density at radius 1 is 1.12 bits per heavy atom. The van der Waals surface area contributed by atoms with Gasteiger partial charge < -0.3 is 5.32 Å². The van der Waals surface area contributed by atoms with Gasteiger partial charge in [0.15, 0.2) is 0 Å². The summed E-state index contributed by atoms with van der Waals surface area (Å²) in [6.07, 6.45) is 3.73. The molecule has 0 aliphatic carbocycles. The van der Waals surface area contributed by atoms with Crippen LogP contribution in [0.2, 0.25) is 0 Å². The highest BCUT2D eigenvalue weighted by Crippen LogP contribution is 2.15. The molecule has 0 spiro atoms. The Bertz CT molecular complexity index is 452. The summed E-state index contributed by atoms with van der Waals surface area (Å²) in [5, 5.41) is 3.44. The number of benzene rings is 1. The van der Waals surface area contributed by atoms with E-state index in [1.165, 1.54) is 16.7 Å². The van der Waals surface area contributed by atoms with Crippen molar-refractivity contribution in [1.82, 2.24) is 10.3 Å². The van der Waals surface area contributed by atoms with Gasteiger partial charge >= 0.3 is 0 Å². The molecule has 0 aliphatic rings. The van der Waals surface area contributed by atoms with Crippen molar-refractivity contribution in [2.75, 3.05) is 0 Å². The summed E-state index contributed by atoms with van der Waals surface area (Å²) in [6, 6.07) is 10.3. The second-order valence-corrected chi connectivity index (χ2v) is 4.85. The minimum absolute atomic E-state index is 0.864. The van der Waals surface area contributed by atoms with Crippen LogP contribution in [0.5, 0.6) is 0 Å². The Morgan fingerprint density at radius 2 is 1.88 bits per heavy atom. The fourth-order valence-electron chi connectivity index (χ4n) is 1.67. The average Bonchev–Trinajstić information content (AvgIpc) is 2.34. The van der Waals surface area contributed by atoms with Crippen LogP contribution in [0.4, 0.5) is 0 Å². The van der Waals surface area contributed by atoms with Crippen molar-refractivity contribution in [3.63, 3.8) is 0 Å². The van der Waals surface area contributed by atoms with Gasteiger partial charge in [-0.3, -0.25) is 4.98 Å². The number of aromatic nitrogens is 1. The third-order valence-electron chi connectivity index (χ3n) is 2.73. The number of hydrogen-bond donors (Lipinski definition) is 1. The van der Waals surface area contributed by atoms with Crippen LogP contribution >= 0.6 is 15.9 Å². The predicted molar refractivity (Wildman–Crippen MR) is 73.7 cm³/mol. The molecule has 0 bridgehead atoms. The normalized spacial score (nSPS) is 10.5. The fourth-order valence-corrected chi connectivity index (χ4v) is 2.10. The minimum Gasteiger partial charge on any atom is -0.309 e. The molecular weight excluding hydrogens is 276 g/mol. The first-order chi connectivity index (χ1) is 8.27. The Balaban J connectivity index is 1.93. The van der Waals surface area contributed by atoms with Crippen molar-refractivity contribution >= 4 is 15.9 Å². The molecule has 0 unspecified atom stereocenters. The molecule has 1 aromatic heterocycles. The van der Waals surface area contributed by atoms with Gasteiger partial charge in [-0.15, -0.1) is 0 Å². The zero-order valence-electron chi connectivity index (χ0n) is 9.78. The molecular formula is C14H15BrN2. The Hall–Kier alpha value is -1.19. The number of halogens is 1. The van der Waals surface area contributed by atoms with E-state index in [0.29, 0.717) is 0 Å². The molecule has 1 aromatic carbocycles. The van der Waals surface area contributed by atoms with Gasteiger partial charge in [-0.25, -0.2) is 0 Å². The van der Waals surface area contributed by atoms with Gasteiger partial charge in [-0.2, -0.15) is 0 Å². The summed E-state index contributed by atoms with van der Waals surface area (Å²) in [7, 11) is 0. The van der Waals surface area contributed by atoms with E-state index in [9.17, 15) is 0 Å². The van der Waals surface area contributed by atoms with Crippen molar-refractivity contribution in [3.05, 3.63) is 63.9 Å². The molecule has 1 heterocycles. The second-order valence-electron chi connectivity index (χ2n) is 4.00. The van der Waals surface area contributed by atoms with Gasteiger partial charge in [0.05, 0.1) is 0 Å². The Morgan fingerprint density at radius 3 is 2.65 bits per heavy atom. The molecule has 1 N–H and O–H groups in total. The molecule has 0 saturated carbocycles. The van der Waals surface area contributed by atoms with Gasteiger partial charge in [0.1, 0.15) is 0 Å². The summed E-state index contributed by atoms with van der Waals surface area (Å²) in [4.78, 5) is 4.09. The quantitative estimate of drug-likeness (QED) is 0.933. The average molecular weight is 291 g/mol. The van der Waals surface area contributed by atoms with Crippen LogP contribution in [0.1, 0.15) is 16.7 Å². The molecule has 0 atom stereocenters. The number of aryl methyl sites for hydroxylation is 1. The van der Waals surface area contributed by atoms with Gasteiger partial charge in [0.25, 0.3) is 0 Å². The summed E-state index contributed by atoms with van der Waals surface area (Å²) < 4.78 is 1.15. The molecule has 0 amide bonds. The van der Waals surface area contributed by atoms with Crippen LogP contribution < -0.4 is 5.32 Å². The van der Waals surface area contributed by atoms with Crippen LogP contribution in [0.15, 0.2) is 47.2 Å². The van der Waals surface area contributed by atoms with Crippen LogP contribution in [0.3, 0.4) is 0 Å². The summed E-state index contributed by atoms with van der Waals surface area (Å²) in [5.74, 6) is 0. The molecule has 0 aliphatic heterocycles. The zero-order valence-corrected chi connectivity index (χ0v) is 11.4. The Kier molecular flexibility index (Phi) is 4.29. The van der Waals surface area contributed by atoms with Crippen LogP contribution in [-0.4, -0.2) is 4.98 Å². The zero-order chi connectivity index (χ0) is 12.1. The molecule has 2 rings (SSSR count). The van der Waals surface area contributed by atoms with E-state index in [2.05, 4.69) is 57.4 Å². The first kappa shape index (κ1) is 12.3. The molecule has 0 saturated heterocycles. The van der Waals surface area contributed by atoms with Gasteiger partial charge in [0, 0.05) is 30.0 Å². The monoisotopic (exact) mass is 290 g/mol. The lowest BCUT2D eigenvalue weighted by Gasteiger charge is -2.08. The van der Waals surface area contributed by atoms with Crippen LogP contribution in [-0.2, 0) is 13.1 Å². The lowest BCUT2D eigenvalue weighted by molar-refractivity contribution is 0.688. The van der Waals surface area contributed by atoms with Gasteiger partial charge in [0.2, 0.25) is 0 Å². The summed E-state index contributed by atoms with van der Waals surface area (Å²) in [6.45, 7) is 3.82. The largest absolute Gasteiger partial charge is 0.309 e. The minimum atomic E-state index is 0.864. The van der Waals surface area contributed by atoms with E-state index in [0.717, 1.165) is 17.6 Å². The first-order valence-electron chi connectivity index (χ1n) is 5.61. The molecule has 0 fully saturated rings. The van der Waals surface area contributed by atoms with Crippen molar-refractivity contribution in [3.8, 4) is 0 Å². The van der Waals surface area contributed by atoms with Gasteiger partial charge in [-0.05, 0) is 35.7 Å². The van der Waals surface area contributed by atoms with Crippen molar-refractivity contribution in [2.24, 2.45) is 0 Å². The number of nitrogens with one attached hydrogen (secondary N) is 1. The van der Waals surface area contributed by atoms with Crippen LogP contribution in [0, 0.1) is 6.92 Å². The number of nitrogens with zero attached hydrogens (tertiary/aromatic N) is 1. The topological polar surface area (TPSA) is 24.9 Å². The number of pyridine rings is 1. The number of rotatable bonds is 4. The predicted octanol–water partition coefficient (Wildman–Crippen LogP) is 3.44. The molecule has 2 aromatic rings. The van der Waals surface area contributed by atoms with Crippen LogP contribution in [0.25, 0.3) is 0 Å². The second kappa shape index (κ2) is 5.94. The molecule has 88 valence electrons. The smallest absolute Gasteiger partial charge is 0.0300 e. The Labute approximate surface area is 110 Å². The summed E-state index contributed by atoms with van der Waals surface area (Å²) >= 11 is 3.55. The SMILES string of the molecule is Cc1cnccc1CNCc1ccccc1Br. The van der Waals surface area contributed by atoms with E-state index in [4.69, 9.17) is 0 Å². The fraction of sp³-hybridized carbons (Fsp3) is 0.214. The maximum atomic E-state index is 4.09. The third-order valence-corrected chi connectivity index (χ3v) is 3.50. The van der Waals surface area contributed by atoms with Crippen molar-refractivity contribution in [1.29, 1.82) is 0 Å². The molecule has 0 radical (unpaired) electrons. The first-order valence-corrected chi connectivity index (χ1v) is 6.40. The molecule has 2 nitrogen and oxygen atoms in total. The molecule has 3 heteroatoms. The van der Waals surface area contributed by atoms with Crippen molar-refractivity contribution < 1.29 is 0 Å². The molecule has 17 heavy (non-hydrogen) atoms. The lowest BCUT2D eigenvalue weighted by atomic mass is 10.1. The summed E-state index contributed by atoms with van der Waals surface area (Å²) in [5.41, 5.74) is 3.80. The van der Waals surface area contributed by atoms with Crippen molar-refractivity contribution in [2.45, 2.75) is 20.0 Å². The number of hydrogen-bond acceptors (Lipinski definition) is 2. The standard InChI is InChI=1S/C14H15BrN2/c1-11-8-16-7-6-12(11)9-17-10-13-4-2-3-5-14(13)15/h2-8,17H,9-10H2,1H3. The maximum absolute atomic E-state index is 4.09. The van der Waals surface area contributed by atoms with E-state index < -0.39 is 0 Å². The highest BCUT2D eigenvalue weighted by molar-refractivity contribution is 9.10. The highest BCUT2D eigenvalue weighted by Gasteiger charge is 1.99. The van der Waals surface area contributed by atoms with E-state index >= 15 is 0 Å². The lowest BCUT2D eigenvalue weighted by Crippen LogP contribution is -2.13. The maximum Gasteiger partial charge on any atom is 0.0300 e. The third kappa shape index (κ3) is 3.38. The highest BCUT2D eigenvalue weighted by atomic mass is 79.9.